The van der Waals surface area contributed by atoms with Crippen molar-refractivity contribution in [1.29, 1.82) is 0 Å². The van der Waals surface area contributed by atoms with Gasteiger partial charge in [0, 0.05) is 6.04 Å². The molecule has 0 amide bonds. The van der Waals surface area contributed by atoms with Crippen LogP contribution in [0.15, 0.2) is 24.3 Å². The van der Waals surface area contributed by atoms with E-state index in [0.717, 1.165) is 11.4 Å². The predicted octanol–water partition coefficient (Wildman–Crippen LogP) is 2.66. The van der Waals surface area contributed by atoms with Gasteiger partial charge in [-0.15, -0.1) is 0 Å². The zero-order valence-corrected chi connectivity index (χ0v) is 7.92. The van der Waals surface area contributed by atoms with Crippen LogP contribution in [0.2, 0.25) is 0 Å². The second kappa shape index (κ2) is 3.69. The molecule has 2 heteroatoms. The normalized spacial score (nSPS) is 16.4. The van der Waals surface area contributed by atoms with Crippen LogP contribution in [-0.2, 0) is 0 Å². The first kappa shape index (κ1) is 8.42. The highest BCUT2D eigenvalue weighted by molar-refractivity contribution is 5.56. The third-order valence-electron chi connectivity index (χ3n) is 2.57. The Hall–Kier alpha value is -1.18. The zero-order valence-electron chi connectivity index (χ0n) is 7.92. The molecule has 1 aliphatic carbocycles. The first-order valence-corrected chi connectivity index (χ1v) is 4.79. The summed E-state index contributed by atoms with van der Waals surface area (Å²) in [6.07, 6.45) is 3.93. The molecular weight excluding hydrogens is 162 g/mol. The maximum absolute atomic E-state index is 5.25. The highest BCUT2D eigenvalue weighted by atomic mass is 16.5. The molecule has 0 aromatic heterocycles. The Bertz CT molecular complexity index is 281. The van der Waals surface area contributed by atoms with Crippen molar-refractivity contribution in [2.24, 2.45) is 0 Å². The van der Waals surface area contributed by atoms with Crippen LogP contribution < -0.4 is 10.1 Å². The van der Waals surface area contributed by atoms with Gasteiger partial charge in [-0.25, -0.2) is 0 Å². The Morgan fingerprint density at radius 2 is 2.08 bits per heavy atom. The second-order valence-corrected chi connectivity index (χ2v) is 3.47. The van der Waals surface area contributed by atoms with E-state index >= 15 is 0 Å². The molecule has 0 radical (unpaired) electrons. The van der Waals surface area contributed by atoms with Gasteiger partial charge in [0.2, 0.25) is 0 Å². The number of hydrogen-bond donors (Lipinski definition) is 1. The first-order chi connectivity index (χ1) is 6.40. The zero-order chi connectivity index (χ0) is 9.10. The van der Waals surface area contributed by atoms with Crippen molar-refractivity contribution in [2.75, 3.05) is 12.4 Å². The summed E-state index contributed by atoms with van der Waals surface area (Å²) in [7, 11) is 1.71. The Labute approximate surface area is 78.9 Å². The Morgan fingerprint density at radius 3 is 2.69 bits per heavy atom. The highest BCUT2D eigenvalue weighted by Crippen LogP contribution is 2.28. The van der Waals surface area contributed by atoms with Crippen molar-refractivity contribution in [3.8, 4) is 5.75 Å². The van der Waals surface area contributed by atoms with E-state index in [2.05, 4.69) is 11.4 Å². The van der Waals surface area contributed by atoms with E-state index < -0.39 is 0 Å². The largest absolute Gasteiger partial charge is 0.495 e. The summed E-state index contributed by atoms with van der Waals surface area (Å²) in [6.45, 7) is 0. The maximum atomic E-state index is 5.25. The molecule has 0 atom stereocenters. The number of rotatable bonds is 3. The Morgan fingerprint density at radius 1 is 1.31 bits per heavy atom. The van der Waals surface area contributed by atoms with Crippen molar-refractivity contribution in [3.05, 3.63) is 24.3 Å². The number of nitrogens with one attached hydrogen (secondary N) is 1. The maximum Gasteiger partial charge on any atom is 0.141 e. The van der Waals surface area contributed by atoms with E-state index in [1.807, 2.05) is 18.2 Å². The van der Waals surface area contributed by atoms with Gasteiger partial charge in [0.1, 0.15) is 5.75 Å². The topological polar surface area (TPSA) is 21.3 Å². The Kier molecular flexibility index (Phi) is 2.39. The molecule has 0 unspecified atom stereocenters. The number of ether oxygens (including phenoxy) is 1. The van der Waals surface area contributed by atoms with Crippen molar-refractivity contribution >= 4 is 5.69 Å². The third kappa shape index (κ3) is 1.77. The summed E-state index contributed by atoms with van der Waals surface area (Å²) in [5, 5.41) is 3.47. The molecule has 0 aliphatic heterocycles. The number of anilines is 1. The van der Waals surface area contributed by atoms with Crippen LogP contribution in [0.5, 0.6) is 5.75 Å². The fourth-order valence-corrected chi connectivity index (χ4v) is 1.54. The minimum atomic E-state index is 0.663. The van der Waals surface area contributed by atoms with Crippen LogP contribution in [-0.4, -0.2) is 13.2 Å². The quantitative estimate of drug-likeness (QED) is 0.766. The molecule has 2 nitrogen and oxygen atoms in total. The van der Waals surface area contributed by atoms with Gasteiger partial charge < -0.3 is 10.1 Å². The number of methoxy groups -OCH3 is 1. The minimum Gasteiger partial charge on any atom is -0.495 e. The van der Waals surface area contributed by atoms with Crippen LogP contribution in [0.25, 0.3) is 0 Å². The molecule has 0 saturated heterocycles. The van der Waals surface area contributed by atoms with E-state index in [0.29, 0.717) is 6.04 Å². The van der Waals surface area contributed by atoms with Crippen LogP contribution in [0.3, 0.4) is 0 Å². The van der Waals surface area contributed by atoms with Crippen LogP contribution in [0, 0.1) is 0 Å². The van der Waals surface area contributed by atoms with Gasteiger partial charge in [0.25, 0.3) is 0 Å². The summed E-state index contributed by atoms with van der Waals surface area (Å²) in [4.78, 5) is 0. The van der Waals surface area contributed by atoms with Crippen molar-refractivity contribution in [3.63, 3.8) is 0 Å². The molecule has 0 spiro atoms. The fourth-order valence-electron chi connectivity index (χ4n) is 1.54. The molecular formula is C11H15NO. The molecule has 0 heterocycles. The number of para-hydroxylation sites is 2. The van der Waals surface area contributed by atoms with Crippen molar-refractivity contribution in [2.45, 2.75) is 25.3 Å². The van der Waals surface area contributed by atoms with Gasteiger partial charge in [-0.3, -0.25) is 0 Å². The van der Waals surface area contributed by atoms with E-state index in [-0.39, 0.29) is 0 Å². The molecule has 1 fully saturated rings. The van der Waals surface area contributed by atoms with Gasteiger partial charge in [-0.2, -0.15) is 0 Å². The van der Waals surface area contributed by atoms with Crippen LogP contribution >= 0.6 is 0 Å². The molecule has 1 aliphatic rings. The molecule has 70 valence electrons. The Balaban J connectivity index is 2.08. The van der Waals surface area contributed by atoms with E-state index in [1.54, 1.807) is 7.11 Å². The van der Waals surface area contributed by atoms with Crippen molar-refractivity contribution in [1.82, 2.24) is 0 Å². The lowest BCUT2D eigenvalue weighted by Gasteiger charge is -2.28. The van der Waals surface area contributed by atoms with E-state index in [9.17, 15) is 0 Å². The third-order valence-corrected chi connectivity index (χ3v) is 2.57. The van der Waals surface area contributed by atoms with Gasteiger partial charge in [0.05, 0.1) is 12.8 Å². The minimum absolute atomic E-state index is 0.663. The van der Waals surface area contributed by atoms with Gasteiger partial charge in [0.15, 0.2) is 0 Å². The van der Waals surface area contributed by atoms with E-state index in [4.69, 9.17) is 4.74 Å². The monoisotopic (exact) mass is 177 g/mol. The number of hydrogen-bond acceptors (Lipinski definition) is 2. The SMILES string of the molecule is COc1ccccc1NC1CCC1. The average Bonchev–Trinajstić information content (AvgIpc) is 2.12. The summed E-state index contributed by atoms with van der Waals surface area (Å²) in [5.74, 6) is 0.939. The highest BCUT2D eigenvalue weighted by Gasteiger charge is 2.17. The fraction of sp³-hybridized carbons (Fsp3) is 0.455. The number of benzene rings is 1. The lowest BCUT2D eigenvalue weighted by molar-refractivity contribution is 0.410. The molecule has 1 aromatic carbocycles. The molecule has 13 heavy (non-hydrogen) atoms. The standard InChI is InChI=1S/C11H15NO/c1-13-11-8-3-2-7-10(11)12-9-5-4-6-9/h2-3,7-9,12H,4-6H2,1H3. The summed E-state index contributed by atoms with van der Waals surface area (Å²) >= 11 is 0. The lowest BCUT2D eigenvalue weighted by Crippen LogP contribution is -2.27. The van der Waals surface area contributed by atoms with Crippen LogP contribution in [0.1, 0.15) is 19.3 Å². The predicted molar refractivity (Wildman–Crippen MR) is 54.3 cm³/mol. The lowest BCUT2D eigenvalue weighted by atomic mass is 9.93. The molecule has 0 bridgehead atoms. The average molecular weight is 177 g/mol. The smallest absolute Gasteiger partial charge is 0.141 e. The van der Waals surface area contributed by atoms with Crippen LogP contribution in [0.4, 0.5) is 5.69 Å². The molecule has 1 N–H and O–H groups in total. The van der Waals surface area contributed by atoms with Gasteiger partial charge in [-0.1, -0.05) is 12.1 Å². The summed E-state index contributed by atoms with van der Waals surface area (Å²) < 4.78 is 5.25. The summed E-state index contributed by atoms with van der Waals surface area (Å²) in [5.41, 5.74) is 1.12. The van der Waals surface area contributed by atoms with Crippen molar-refractivity contribution < 1.29 is 4.74 Å². The van der Waals surface area contributed by atoms with Gasteiger partial charge in [-0.05, 0) is 31.4 Å². The van der Waals surface area contributed by atoms with Gasteiger partial charge >= 0.3 is 0 Å². The molecule has 2 rings (SSSR count). The summed E-state index contributed by atoms with van der Waals surface area (Å²) in [6, 6.07) is 8.74. The second-order valence-electron chi connectivity index (χ2n) is 3.47. The molecule has 1 saturated carbocycles. The van der Waals surface area contributed by atoms with E-state index in [1.165, 1.54) is 19.3 Å². The first-order valence-electron chi connectivity index (χ1n) is 4.79. The molecule has 1 aromatic rings.